The Kier molecular flexibility index (Phi) is 18.2. The molecule has 0 unspecified atom stereocenters. The molecule has 0 aromatic heterocycles. The van der Waals surface area contributed by atoms with E-state index in [2.05, 4.69) is 26.3 Å². The van der Waals surface area contributed by atoms with Gasteiger partial charge in [0.15, 0.2) is 5.96 Å². The number of hydrogen-bond acceptors (Lipinski definition) is 12. The Hall–Kier alpha value is -6.81. The normalized spacial score (nSPS) is 19.8. The van der Waals surface area contributed by atoms with Crippen molar-refractivity contribution >= 4 is 53.3 Å². The number of aliphatic carboxylic acids is 1. The van der Waals surface area contributed by atoms with Crippen molar-refractivity contribution in [2.75, 3.05) is 39.3 Å². The molecule has 22 heteroatoms. The molecule has 0 spiro atoms. The van der Waals surface area contributed by atoms with Crippen molar-refractivity contribution in [3.8, 4) is 5.75 Å². The first-order valence-corrected chi connectivity index (χ1v) is 22.1. The number of nitrogens with zero attached hydrogens (tertiary/aromatic N) is 4. The maximum atomic E-state index is 13.9. The number of amides is 7. The Morgan fingerprint density at radius 3 is 1.89 bits per heavy atom. The zero-order chi connectivity index (χ0) is 47.9. The van der Waals surface area contributed by atoms with E-state index in [1.807, 2.05) is 0 Å². The van der Waals surface area contributed by atoms with Gasteiger partial charge in [0.2, 0.25) is 41.4 Å². The summed E-state index contributed by atoms with van der Waals surface area (Å²) in [6.45, 7) is -0.456. The van der Waals surface area contributed by atoms with Gasteiger partial charge in [-0.25, -0.2) is 4.79 Å². The summed E-state index contributed by atoms with van der Waals surface area (Å²) in [5, 5.41) is 39.9. The molecule has 7 atom stereocenters. The number of carboxylic acids is 1. The minimum Gasteiger partial charge on any atom is -0.508 e. The van der Waals surface area contributed by atoms with E-state index >= 15 is 0 Å². The molecule has 3 aliphatic heterocycles. The summed E-state index contributed by atoms with van der Waals surface area (Å²) < 4.78 is 0. The number of phenols is 1. The van der Waals surface area contributed by atoms with Crippen LogP contribution in [0.2, 0.25) is 0 Å². The van der Waals surface area contributed by atoms with E-state index in [4.69, 9.17) is 17.2 Å². The molecule has 5 rings (SSSR count). The Bertz CT molecular complexity index is 2090. The average Bonchev–Trinajstić information content (AvgIpc) is 4.11. The first-order chi connectivity index (χ1) is 31.6. The lowest BCUT2D eigenvalue weighted by molar-refractivity contribution is -0.147. The maximum absolute atomic E-state index is 13.9. The third-order valence-electron chi connectivity index (χ3n) is 11.9. The molecule has 0 radical (unpaired) electrons. The summed E-state index contributed by atoms with van der Waals surface area (Å²) >= 11 is 0. The number of nitrogens with one attached hydrogen (secondary N) is 4. The van der Waals surface area contributed by atoms with Gasteiger partial charge < -0.3 is 68.5 Å². The molecule has 2 aromatic rings. The van der Waals surface area contributed by atoms with Crippen molar-refractivity contribution in [1.29, 1.82) is 0 Å². The number of carboxylic acid groups (broad SMARTS) is 1. The van der Waals surface area contributed by atoms with Crippen LogP contribution < -0.4 is 38.5 Å². The number of likely N-dealkylation sites (tertiary alicyclic amines) is 3. The van der Waals surface area contributed by atoms with Crippen molar-refractivity contribution in [3.63, 3.8) is 0 Å². The molecule has 2 aromatic carbocycles. The van der Waals surface area contributed by atoms with Crippen LogP contribution >= 0.6 is 0 Å². The summed E-state index contributed by atoms with van der Waals surface area (Å²) in [6, 6.07) is 6.57. The number of aromatic hydroxyl groups is 1. The van der Waals surface area contributed by atoms with Gasteiger partial charge in [-0.3, -0.25) is 38.6 Å². The lowest BCUT2D eigenvalue weighted by Crippen LogP contribution is -2.59. The first-order valence-electron chi connectivity index (χ1n) is 22.1. The van der Waals surface area contributed by atoms with Gasteiger partial charge in [-0.05, 0) is 74.6 Å². The molecule has 3 fully saturated rings. The smallest absolute Gasteiger partial charge is 0.326 e. The molecule has 0 bridgehead atoms. The van der Waals surface area contributed by atoms with Crippen LogP contribution in [0.4, 0.5) is 0 Å². The number of aliphatic hydroxyl groups excluding tert-OH is 1. The summed E-state index contributed by atoms with van der Waals surface area (Å²) in [4.78, 5) is 115. The van der Waals surface area contributed by atoms with Crippen LogP contribution in [0.1, 0.15) is 62.5 Å². The van der Waals surface area contributed by atoms with Gasteiger partial charge in [-0.15, -0.1) is 0 Å². The van der Waals surface area contributed by atoms with E-state index in [-0.39, 0.29) is 55.9 Å². The van der Waals surface area contributed by atoms with Crippen LogP contribution in [-0.4, -0.2) is 165 Å². The number of hydrogen-bond donors (Lipinski definition) is 10. The van der Waals surface area contributed by atoms with E-state index in [9.17, 15) is 53.7 Å². The quantitative estimate of drug-likeness (QED) is 0.0343. The maximum Gasteiger partial charge on any atom is 0.326 e. The number of benzene rings is 2. The zero-order valence-corrected chi connectivity index (χ0v) is 36.7. The van der Waals surface area contributed by atoms with Crippen LogP contribution in [0.5, 0.6) is 5.75 Å². The van der Waals surface area contributed by atoms with Crippen molar-refractivity contribution in [3.05, 3.63) is 65.7 Å². The number of nitrogens with two attached hydrogens (primary N) is 3. The van der Waals surface area contributed by atoms with Gasteiger partial charge in [-0.2, -0.15) is 0 Å². The van der Waals surface area contributed by atoms with Crippen LogP contribution in [0.15, 0.2) is 59.6 Å². The summed E-state index contributed by atoms with van der Waals surface area (Å²) in [5.41, 5.74) is 18.1. The standard InChI is InChI=1S/C44H61N11O11/c45-29(10-4-18-48-44(46)47)40(62)55-21-7-13-35(55)42(64)54-20-5-11-33(54)38(60)49-24-36(58)50-30(22-26-8-2-1-3-9-26)37(59)52-32(25-56)41(63)53-19-6-12-34(53)39(61)51-31(43(65)66)23-27-14-16-28(57)17-15-27/h1-3,8-9,14-17,29-35,56-57H,4-7,10-13,18-25,45H2,(H,49,60)(H,50,58)(H,51,61)(H,52,59)(H,65,66)(H4,46,47,48)/t29-,30-,31-,32-,33-,34-,35-/m0/s1. The van der Waals surface area contributed by atoms with Gasteiger partial charge >= 0.3 is 5.97 Å². The molecular weight excluding hydrogens is 859 g/mol. The second-order valence-electron chi connectivity index (χ2n) is 16.7. The zero-order valence-electron chi connectivity index (χ0n) is 36.7. The van der Waals surface area contributed by atoms with Gasteiger partial charge in [-0.1, -0.05) is 42.5 Å². The predicted molar refractivity (Wildman–Crippen MR) is 238 cm³/mol. The second-order valence-corrected chi connectivity index (χ2v) is 16.7. The Morgan fingerprint density at radius 2 is 1.27 bits per heavy atom. The molecular formula is C44H61N11O11. The first kappa shape index (κ1) is 50.2. The molecule has 66 heavy (non-hydrogen) atoms. The molecule has 7 amide bonds. The van der Waals surface area contributed by atoms with E-state index in [0.717, 1.165) is 0 Å². The third-order valence-corrected chi connectivity index (χ3v) is 11.9. The van der Waals surface area contributed by atoms with Crippen LogP contribution in [-0.2, 0) is 51.2 Å². The molecule has 3 heterocycles. The fourth-order valence-corrected chi connectivity index (χ4v) is 8.52. The monoisotopic (exact) mass is 919 g/mol. The number of rotatable bonds is 21. The molecule has 0 aliphatic carbocycles. The van der Waals surface area contributed by atoms with Crippen molar-refractivity contribution in [2.24, 2.45) is 22.2 Å². The predicted octanol–water partition coefficient (Wildman–Crippen LogP) is -2.82. The van der Waals surface area contributed by atoms with E-state index in [1.165, 1.54) is 39.0 Å². The third kappa shape index (κ3) is 13.6. The highest BCUT2D eigenvalue weighted by molar-refractivity contribution is 5.97. The van der Waals surface area contributed by atoms with Crippen molar-refractivity contribution < 1.29 is 53.7 Å². The molecule has 0 saturated carbocycles. The fourth-order valence-electron chi connectivity index (χ4n) is 8.52. The molecule has 3 aliphatic rings. The van der Waals surface area contributed by atoms with Crippen LogP contribution in [0.3, 0.4) is 0 Å². The number of phenolic OH excluding ortho intramolecular Hbond substituents is 1. The second kappa shape index (κ2) is 23.9. The highest BCUT2D eigenvalue weighted by Gasteiger charge is 2.43. The van der Waals surface area contributed by atoms with Crippen LogP contribution in [0, 0.1) is 0 Å². The summed E-state index contributed by atoms with van der Waals surface area (Å²) in [5.74, 6) is -5.91. The van der Waals surface area contributed by atoms with Crippen LogP contribution in [0.25, 0.3) is 0 Å². The van der Waals surface area contributed by atoms with Gasteiger partial charge in [0.25, 0.3) is 0 Å². The van der Waals surface area contributed by atoms with Gasteiger partial charge in [0.1, 0.15) is 42.0 Å². The van der Waals surface area contributed by atoms with Gasteiger partial charge in [0, 0.05) is 39.0 Å². The number of carbonyl (C=O) groups is 8. The summed E-state index contributed by atoms with van der Waals surface area (Å²) in [6.07, 6.45) is 3.00. The number of guanidine groups is 1. The van der Waals surface area contributed by atoms with Crippen molar-refractivity contribution in [2.45, 2.75) is 107 Å². The molecule has 13 N–H and O–H groups in total. The lowest BCUT2D eigenvalue weighted by atomic mass is 10.0. The topological polar surface area (TPSA) is 346 Å². The Labute approximate surface area is 381 Å². The van der Waals surface area contributed by atoms with E-state index in [1.54, 1.807) is 30.3 Å². The Morgan fingerprint density at radius 1 is 0.697 bits per heavy atom. The fraction of sp³-hybridized carbons (Fsp3) is 0.523. The van der Waals surface area contributed by atoms with E-state index in [0.29, 0.717) is 69.2 Å². The summed E-state index contributed by atoms with van der Waals surface area (Å²) in [7, 11) is 0. The average molecular weight is 920 g/mol. The Balaban J connectivity index is 1.18. The van der Waals surface area contributed by atoms with Crippen molar-refractivity contribution in [1.82, 2.24) is 36.0 Å². The number of aliphatic imine (C=N–C) groups is 1. The SMILES string of the molecule is NC(N)=NCCC[C@H](N)C(=O)N1CCC[C@H]1C(=O)N1CCC[C@H]1C(=O)NCC(=O)N[C@@H](Cc1ccccc1)C(=O)N[C@@H](CO)C(=O)N1CCC[C@H]1C(=O)N[C@@H](Cc1ccc(O)cc1)C(=O)O. The van der Waals surface area contributed by atoms with E-state index < -0.39 is 90.9 Å². The minimum atomic E-state index is -1.54. The number of aliphatic hydroxyl groups is 1. The minimum absolute atomic E-state index is 0.0132. The molecule has 358 valence electrons. The molecule has 3 saturated heterocycles. The highest BCUT2D eigenvalue weighted by Crippen LogP contribution is 2.26. The lowest BCUT2D eigenvalue weighted by Gasteiger charge is -2.32. The van der Waals surface area contributed by atoms with Gasteiger partial charge in [0.05, 0.1) is 19.2 Å². The number of carbonyl (C=O) groups excluding carboxylic acids is 7. The highest BCUT2D eigenvalue weighted by atomic mass is 16.4. The largest absolute Gasteiger partial charge is 0.508 e. The molecule has 22 nitrogen and oxygen atoms in total.